The van der Waals surface area contributed by atoms with E-state index in [-0.39, 0.29) is 21.2 Å². The third-order valence-corrected chi connectivity index (χ3v) is 6.05. The first-order valence-electron chi connectivity index (χ1n) is 8.18. The van der Waals surface area contributed by atoms with Crippen molar-refractivity contribution in [3.05, 3.63) is 58.6 Å². The van der Waals surface area contributed by atoms with Crippen LogP contribution in [-0.4, -0.2) is 45.3 Å². The molecule has 1 N–H and O–H groups in total. The molecule has 1 amide bonds. The van der Waals surface area contributed by atoms with E-state index in [1.165, 1.54) is 26.2 Å². The van der Waals surface area contributed by atoms with Crippen LogP contribution in [0.5, 0.6) is 0 Å². The van der Waals surface area contributed by atoms with Crippen molar-refractivity contribution < 1.29 is 35.9 Å². The van der Waals surface area contributed by atoms with Crippen LogP contribution >= 0.6 is 11.6 Å². The molecule has 0 aliphatic rings. The van der Waals surface area contributed by atoms with Crippen molar-refractivity contribution in [1.82, 2.24) is 4.31 Å². The summed E-state index contributed by atoms with van der Waals surface area (Å²) in [4.78, 5) is 23.6. The number of anilines is 1. The number of carbonyl (C=O) groups excluding carboxylic acids is 2. The van der Waals surface area contributed by atoms with Crippen molar-refractivity contribution in [3.63, 3.8) is 0 Å². The maximum atomic E-state index is 12.5. The second-order valence-corrected chi connectivity index (χ2v) is 8.66. The lowest BCUT2D eigenvalue weighted by Crippen LogP contribution is -2.23. The minimum Gasteiger partial charge on any atom is -0.452 e. The van der Waals surface area contributed by atoms with Gasteiger partial charge < -0.3 is 10.1 Å². The summed E-state index contributed by atoms with van der Waals surface area (Å²) in [5, 5.41) is 2.30. The minimum absolute atomic E-state index is 0.0459. The van der Waals surface area contributed by atoms with Crippen LogP contribution < -0.4 is 5.32 Å². The fraction of sp³-hybridized carbons (Fsp3) is 0.222. The second kappa shape index (κ2) is 9.02. The molecule has 0 aliphatic heterocycles. The number of hydrogen-bond acceptors (Lipinski definition) is 5. The molecule has 0 bridgehead atoms. The molecule has 0 fully saturated rings. The van der Waals surface area contributed by atoms with E-state index in [2.05, 4.69) is 5.32 Å². The number of rotatable bonds is 6. The number of nitrogens with one attached hydrogen (secondary N) is 1. The molecule has 7 nitrogen and oxygen atoms in total. The molecule has 0 aliphatic carbocycles. The number of hydrogen-bond donors (Lipinski definition) is 1. The number of amides is 1. The van der Waals surface area contributed by atoms with Gasteiger partial charge in [0.1, 0.15) is 4.90 Å². The summed E-state index contributed by atoms with van der Waals surface area (Å²) in [6.45, 7) is -0.738. The fourth-order valence-electron chi connectivity index (χ4n) is 2.18. The Balaban J connectivity index is 2.02. The van der Waals surface area contributed by atoms with Gasteiger partial charge in [-0.15, -0.1) is 0 Å². The lowest BCUT2D eigenvalue weighted by molar-refractivity contribution is -0.137. The summed E-state index contributed by atoms with van der Waals surface area (Å²) in [6.07, 6.45) is -4.54. The maximum Gasteiger partial charge on any atom is 0.416 e. The Morgan fingerprint density at radius 1 is 1.10 bits per heavy atom. The summed E-state index contributed by atoms with van der Waals surface area (Å²) in [7, 11) is -1.22. The van der Waals surface area contributed by atoms with Crippen molar-refractivity contribution >= 4 is 39.2 Å². The highest BCUT2D eigenvalue weighted by Crippen LogP contribution is 2.29. The average Bonchev–Trinajstić information content (AvgIpc) is 2.66. The van der Waals surface area contributed by atoms with Gasteiger partial charge in [0.2, 0.25) is 10.0 Å². The highest BCUT2D eigenvalue weighted by atomic mass is 35.5. The summed E-state index contributed by atoms with van der Waals surface area (Å²) < 4.78 is 67.8. The van der Waals surface area contributed by atoms with E-state index >= 15 is 0 Å². The van der Waals surface area contributed by atoms with Crippen LogP contribution in [0.2, 0.25) is 5.02 Å². The van der Waals surface area contributed by atoms with E-state index in [1.807, 2.05) is 0 Å². The number of halogens is 4. The second-order valence-electron chi connectivity index (χ2n) is 6.13. The van der Waals surface area contributed by atoms with Crippen molar-refractivity contribution in [2.24, 2.45) is 0 Å². The first-order valence-corrected chi connectivity index (χ1v) is 10.0. The highest BCUT2D eigenvalue weighted by molar-refractivity contribution is 7.89. The van der Waals surface area contributed by atoms with Crippen LogP contribution in [0, 0.1) is 0 Å². The van der Waals surface area contributed by atoms with Crippen molar-refractivity contribution in [2.45, 2.75) is 11.1 Å². The molecule has 2 aromatic rings. The van der Waals surface area contributed by atoms with E-state index in [9.17, 15) is 31.2 Å². The zero-order chi connectivity index (χ0) is 22.7. The highest BCUT2D eigenvalue weighted by Gasteiger charge is 2.30. The Bertz CT molecular complexity index is 1050. The van der Waals surface area contributed by atoms with Gasteiger partial charge in [0.25, 0.3) is 5.91 Å². The molecule has 0 spiro atoms. The molecule has 0 saturated carbocycles. The molecular weight excluding hydrogens is 449 g/mol. The van der Waals surface area contributed by atoms with Crippen molar-refractivity contribution in [1.29, 1.82) is 0 Å². The normalized spacial score (nSPS) is 12.0. The SMILES string of the molecule is CN(C)S(=O)(=O)c1cc(NC(=O)COC(=O)c2ccc(C(F)(F)F)cc2)ccc1Cl. The van der Waals surface area contributed by atoms with Gasteiger partial charge in [-0.2, -0.15) is 13.2 Å². The largest absolute Gasteiger partial charge is 0.452 e. The van der Waals surface area contributed by atoms with Gasteiger partial charge in [0, 0.05) is 19.8 Å². The Morgan fingerprint density at radius 3 is 2.23 bits per heavy atom. The third kappa shape index (κ3) is 5.71. The topological polar surface area (TPSA) is 92.8 Å². The third-order valence-electron chi connectivity index (χ3n) is 3.76. The van der Waals surface area contributed by atoms with Crippen LogP contribution in [0.25, 0.3) is 0 Å². The van der Waals surface area contributed by atoms with E-state index in [4.69, 9.17) is 16.3 Å². The monoisotopic (exact) mass is 464 g/mol. The fourth-order valence-corrected chi connectivity index (χ4v) is 3.58. The number of nitrogens with zero attached hydrogens (tertiary/aromatic N) is 1. The number of esters is 1. The molecule has 0 atom stereocenters. The van der Waals surface area contributed by atoms with E-state index < -0.39 is 40.2 Å². The molecule has 162 valence electrons. The molecular formula is C18H16ClF3N2O5S. The number of sulfonamides is 1. The predicted molar refractivity (Wildman–Crippen MR) is 103 cm³/mol. The predicted octanol–water partition coefficient (Wildman–Crippen LogP) is 3.40. The van der Waals surface area contributed by atoms with Crippen LogP contribution in [-0.2, 0) is 25.7 Å². The Morgan fingerprint density at radius 2 is 1.70 bits per heavy atom. The number of alkyl halides is 3. The number of ether oxygens (including phenoxy) is 1. The molecule has 2 rings (SSSR count). The molecule has 0 saturated heterocycles. The van der Waals surface area contributed by atoms with E-state index in [0.717, 1.165) is 34.6 Å². The van der Waals surface area contributed by atoms with E-state index in [0.29, 0.717) is 0 Å². The van der Waals surface area contributed by atoms with Crippen LogP contribution in [0.1, 0.15) is 15.9 Å². The number of benzene rings is 2. The van der Waals surface area contributed by atoms with Gasteiger partial charge in [0.05, 0.1) is 16.1 Å². The average molecular weight is 465 g/mol. The Hall–Kier alpha value is -2.63. The Kier molecular flexibility index (Phi) is 7.11. The minimum atomic E-state index is -4.54. The van der Waals surface area contributed by atoms with Crippen molar-refractivity contribution in [2.75, 3.05) is 26.0 Å². The smallest absolute Gasteiger partial charge is 0.416 e. The van der Waals surface area contributed by atoms with Crippen molar-refractivity contribution in [3.8, 4) is 0 Å². The van der Waals surface area contributed by atoms with Gasteiger partial charge in [-0.3, -0.25) is 4.79 Å². The summed E-state index contributed by atoms with van der Waals surface area (Å²) in [6, 6.07) is 7.08. The molecule has 0 aromatic heterocycles. The van der Waals surface area contributed by atoms with Gasteiger partial charge in [0.15, 0.2) is 6.61 Å². The zero-order valence-corrected chi connectivity index (χ0v) is 17.2. The van der Waals surface area contributed by atoms with Gasteiger partial charge in [-0.25, -0.2) is 17.5 Å². The maximum absolute atomic E-state index is 12.5. The van der Waals surface area contributed by atoms with Crippen LogP contribution in [0.15, 0.2) is 47.4 Å². The number of carbonyl (C=O) groups is 2. The Labute approximate surface area is 175 Å². The first-order chi connectivity index (χ1) is 13.8. The summed E-state index contributed by atoms with van der Waals surface area (Å²) in [5.74, 6) is -1.78. The summed E-state index contributed by atoms with van der Waals surface area (Å²) in [5.41, 5.74) is -1.000. The molecule has 0 unspecified atom stereocenters. The zero-order valence-electron chi connectivity index (χ0n) is 15.7. The van der Waals surface area contributed by atoms with Crippen LogP contribution in [0.4, 0.5) is 18.9 Å². The molecule has 12 heteroatoms. The van der Waals surface area contributed by atoms with Crippen LogP contribution in [0.3, 0.4) is 0 Å². The standard InChI is InChI=1S/C18H16ClF3N2O5S/c1-24(2)30(27,28)15-9-13(7-8-14(15)19)23-16(25)10-29-17(26)11-3-5-12(6-4-11)18(20,21)22/h3-9H,10H2,1-2H3,(H,23,25). The molecule has 30 heavy (non-hydrogen) atoms. The van der Waals surface area contributed by atoms with Gasteiger partial charge in [-0.1, -0.05) is 11.6 Å². The first kappa shape index (κ1) is 23.6. The lowest BCUT2D eigenvalue weighted by atomic mass is 10.1. The van der Waals surface area contributed by atoms with Gasteiger partial charge in [-0.05, 0) is 42.5 Å². The summed E-state index contributed by atoms with van der Waals surface area (Å²) >= 11 is 5.91. The molecule has 0 heterocycles. The molecule has 2 aromatic carbocycles. The quantitative estimate of drug-likeness (QED) is 0.661. The van der Waals surface area contributed by atoms with E-state index in [1.54, 1.807) is 0 Å². The lowest BCUT2D eigenvalue weighted by Gasteiger charge is -2.14. The van der Waals surface area contributed by atoms with Gasteiger partial charge >= 0.3 is 12.1 Å². The molecule has 0 radical (unpaired) electrons.